The third-order valence-corrected chi connectivity index (χ3v) is 3.74. The van der Waals surface area contributed by atoms with Crippen molar-refractivity contribution in [2.75, 3.05) is 10.4 Å². The zero-order valence-electron chi connectivity index (χ0n) is 12.7. The molecule has 1 aromatic carbocycles. The summed E-state index contributed by atoms with van der Waals surface area (Å²) in [4.78, 5) is 48.8. The van der Waals surface area contributed by atoms with E-state index in [1.807, 2.05) is 0 Å². The largest absolute Gasteiger partial charge is 0.342 e. The Hall–Kier alpha value is -2.71. The summed E-state index contributed by atoms with van der Waals surface area (Å²) in [6.45, 7) is 1.16. The van der Waals surface area contributed by atoms with Crippen LogP contribution in [0.4, 0.5) is 11.6 Å². The lowest BCUT2D eigenvalue weighted by Gasteiger charge is -2.17. The highest BCUT2D eigenvalue weighted by Crippen LogP contribution is 2.33. The number of fused-ring (bicyclic) bond motifs is 1. The van der Waals surface area contributed by atoms with E-state index in [1.165, 1.54) is 18.3 Å². The Morgan fingerprint density at radius 1 is 1.20 bits per heavy atom. The first-order valence-corrected chi connectivity index (χ1v) is 7.83. The molecule has 10 heteroatoms. The molecule has 8 nitrogen and oxygen atoms in total. The van der Waals surface area contributed by atoms with Gasteiger partial charge in [-0.3, -0.25) is 14.4 Å². The van der Waals surface area contributed by atoms with Gasteiger partial charge < -0.3 is 4.84 Å². The number of halogens is 2. The number of amides is 2. The number of anilines is 2. The van der Waals surface area contributed by atoms with Crippen molar-refractivity contribution in [2.24, 2.45) is 0 Å². The van der Waals surface area contributed by atoms with Gasteiger partial charge in [0, 0.05) is 6.92 Å². The van der Waals surface area contributed by atoms with E-state index in [-0.39, 0.29) is 28.5 Å². The normalized spacial score (nSPS) is 13.2. The first-order chi connectivity index (χ1) is 11.9. The van der Waals surface area contributed by atoms with Crippen LogP contribution in [0, 0.1) is 0 Å². The van der Waals surface area contributed by atoms with Gasteiger partial charge in [0.2, 0.25) is 5.82 Å². The molecule has 1 N–H and O–H groups in total. The van der Waals surface area contributed by atoms with Gasteiger partial charge in [-0.25, -0.2) is 14.9 Å². The second-order valence-electron chi connectivity index (χ2n) is 4.95. The summed E-state index contributed by atoms with van der Waals surface area (Å²) in [7, 11) is 0. The maximum atomic E-state index is 12.6. The van der Waals surface area contributed by atoms with E-state index in [9.17, 15) is 14.4 Å². The highest BCUT2D eigenvalue weighted by atomic mass is 35.5. The third-order valence-electron chi connectivity index (χ3n) is 3.29. The van der Waals surface area contributed by atoms with Crippen molar-refractivity contribution in [1.82, 2.24) is 9.97 Å². The van der Waals surface area contributed by atoms with Crippen molar-refractivity contribution >= 4 is 52.6 Å². The first-order valence-electron chi connectivity index (χ1n) is 6.96. The molecule has 0 aliphatic carbocycles. The van der Waals surface area contributed by atoms with Crippen molar-refractivity contribution in [2.45, 2.75) is 11.8 Å². The summed E-state index contributed by atoms with van der Waals surface area (Å²) in [5, 5.41) is 0. The van der Waals surface area contributed by atoms with Crippen molar-refractivity contribution in [3.05, 3.63) is 47.3 Å². The lowest BCUT2D eigenvalue weighted by atomic mass is 10.1. The van der Waals surface area contributed by atoms with Crippen LogP contribution in [0.5, 0.6) is 0 Å². The molecular formula is C15H10Cl2N4O4. The first kappa shape index (κ1) is 17.1. The van der Waals surface area contributed by atoms with E-state index in [1.54, 1.807) is 12.1 Å². The Labute approximate surface area is 151 Å². The van der Waals surface area contributed by atoms with Gasteiger partial charge in [0.25, 0.3) is 11.8 Å². The second-order valence-corrected chi connectivity index (χ2v) is 6.05. The number of hydrogen-bond donors (Lipinski definition) is 1. The Morgan fingerprint density at radius 3 is 2.32 bits per heavy atom. The number of carbonyl (C=O) groups is 3. The Kier molecular flexibility index (Phi) is 4.56. The number of imide groups is 1. The average Bonchev–Trinajstić information content (AvgIpc) is 2.84. The predicted octanol–water partition coefficient (Wildman–Crippen LogP) is 2.64. The SMILES string of the molecule is CC(=O)ONc1nc(C(Cl)Cl)cnc1N1C(=O)c2ccccc2C1=O. The van der Waals surface area contributed by atoms with Gasteiger partial charge in [-0.2, -0.15) is 5.48 Å². The maximum absolute atomic E-state index is 12.6. The highest BCUT2D eigenvalue weighted by molar-refractivity contribution is 6.43. The van der Waals surface area contributed by atoms with E-state index < -0.39 is 22.6 Å². The topological polar surface area (TPSA) is 101 Å². The average molecular weight is 381 g/mol. The number of aromatic nitrogens is 2. The van der Waals surface area contributed by atoms with Gasteiger partial charge in [-0.15, -0.1) is 0 Å². The minimum absolute atomic E-state index is 0.134. The predicted molar refractivity (Wildman–Crippen MR) is 89.4 cm³/mol. The van der Waals surface area contributed by atoms with Crippen LogP contribution in [0.15, 0.2) is 30.5 Å². The Balaban J connectivity index is 2.06. The summed E-state index contributed by atoms with van der Waals surface area (Å²) in [6, 6.07) is 6.35. The minimum atomic E-state index is -0.999. The number of carbonyl (C=O) groups excluding carboxylic acids is 3. The fourth-order valence-corrected chi connectivity index (χ4v) is 2.45. The van der Waals surface area contributed by atoms with Crippen molar-refractivity contribution in [3.63, 3.8) is 0 Å². The number of hydrogen-bond acceptors (Lipinski definition) is 7. The lowest BCUT2D eigenvalue weighted by molar-refractivity contribution is -0.138. The summed E-state index contributed by atoms with van der Waals surface area (Å²) < 4.78 is 0. The molecular weight excluding hydrogens is 371 g/mol. The zero-order chi connectivity index (χ0) is 18.1. The molecule has 0 saturated carbocycles. The van der Waals surface area contributed by atoms with Crippen LogP contribution >= 0.6 is 23.2 Å². The second kappa shape index (κ2) is 6.66. The standard InChI is InChI=1S/C15H10Cl2N4O4/c1-7(22)25-20-12-13(18-6-10(19-12)11(16)17)21-14(23)8-4-2-3-5-9(8)15(21)24/h2-6,11H,1H3,(H,19,20). The molecule has 25 heavy (non-hydrogen) atoms. The van der Waals surface area contributed by atoms with E-state index in [2.05, 4.69) is 20.3 Å². The smallest absolute Gasteiger partial charge is 0.329 e. The summed E-state index contributed by atoms with van der Waals surface area (Å²) in [5.41, 5.74) is 2.90. The molecule has 0 spiro atoms. The molecule has 2 aromatic rings. The molecule has 0 bridgehead atoms. The molecule has 1 aliphatic heterocycles. The molecule has 3 rings (SSSR count). The molecule has 1 aromatic heterocycles. The quantitative estimate of drug-likeness (QED) is 0.494. The molecule has 1 aliphatic rings. The molecule has 2 heterocycles. The number of nitrogens with one attached hydrogen (secondary N) is 1. The van der Waals surface area contributed by atoms with Crippen LogP contribution in [0.25, 0.3) is 0 Å². The van der Waals surface area contributed by atoms with Crippen LogP contribution in [-0.2, 0) is 9.63 Å². The van der Waals surface area contributed by atoms with Gasteiger partial charge in [0.15, 0.2) is 10.7 Å². The highest BCUT2D eigenvalue weighted by Gasteiger charge is 2.39. The van der Waals surface area contributed by atoms with Crippen molar-refractivity contribution in [3.8, 4) is 0 Å². The van der Waals surface area contributed by atoms with E-state index in [4.69, 9.17) is 23.2 Å². The third kappa shape index (κ3) is 3.13. The van der Waals surface area contributed by atoms with Crippen LogP contribution < -0.4 is 10.4 Å². The molecule has 0 unspecified atom stereocenters. The van der Waals surface area contributed by atoms with E-state index in [0.29, 0.717) is 0 Å². The number of nitrogens with zero attached hydrogens (tertiary/aromatic N) is 3. The van der Waals surface area contributed by atoms with Crippen LogP contribution in [0.2, 0.25) is 0 Å². The van der Waals surface area contributed by atoms with E-state index >= 15 is 0 Å². The molecule has 0 fully saturated rings. The molecule has 0 atom stereocenters. The Bertz CT molecular complexity index is 853. The summed E-state index contributed by atoms with van der Waals surface area (Å²) >= 11 is 11.5. The maximum Gasteiger partial charge on any atom is 0.329 e. The van der Waals surface area contributed by atoms with E-state index in [0.717, 1.165) is 11.8 Å². The fourth-order valence-electron chi connectivity index (χ4n) is 2.24. The molecule has 2 amide bonds. The fraction of sp³-hybridized carbons (Fsp3) is 0.133. The molecule has 0 saturated heterocycles. The van der Waals surface area contributed by atoms with Crippen LogP contribution in [0.1, 0.15) is 38.2 Å². The van der Waals surface area contributed by atoms with Gasteiger partial charge in [-0.1, -0.05) is 35.3 Å². The van der Waals surface area contributed by atoms with Gasteiger partial charge in [0.05, 0.1) is 23.0 Å². The minimum Gasteiger partial charge on any atom is -0.342 e. The molecule has 128 valence electrons. The number of rotatable bonds is 4. The van der Waals surface area contributed by atoms with Crippen LogP contribution in [-0.4, -0.2) is 27.8 Å². The molecule has 0 radical (unpaired) electrons. The van der Waals surface area contributed by atoms with Crippen molar-refractivity contribution < 1.29 is 19.2 Å². The zero-order valence-corrected chi connectivity index (χ0v) is 14.2. The van der Waals surface area contributed by atoms with Crippen LogP contribution in [0.3, 0.4) is 0 Å². The summed E-state index contributed by atoms with van der Waals surface area (Å²) in [5.74, 6) is -2.07. The number of alkyl halides is 2. The lowest BCUT2D eigenvalue weighted by Crippen LogP contribution is -2.31. The van der Waals surface area contributed by atoms with Crippen molar-refractivity contribution in [1.29, 1.82) is 0 Å². The van der Waals surface area contributed by atoms with Gasteiger partial charge in [-0.05, 0) is 12.1 Å². The van der Waals surface area contributed by atoms with Gasteiger partial charge in [0.1, 0.15) is 0 Å². The number of benzene rings is 1. The van der Waals surface area contributed by atoms with Gasteiger partial charge >= 0.3 is 5.97 Å². The summed E-state index contributed by atoms with van der Waals surface area (Å²) in [6.07, 6.45) is 1.22. The monoisotopic (exact) mass is 380 g/mol. The Morgan fingerprint density at radius 2 is 1.80 bits per heavy atom.